The van der Waals surface area contributed by atoms with Crippen LogP contribution in [0.4, 0.5) is 5.69 Å². The molecule has 1 saturated heterocycles. The third-order valence-electron chi connectivity index (χ3n) is 5.09. The molecule has 27 heavy (non-hydrogen) atoms. The predicted molar refractivity (Wildman–Crippen MR) is 105 cm³/mol. The molecule has 2 aliphatic rings. The highest BCUT2D eigenvalue weighted by Crippen LogP contribution is 2.26. The maximum Gasteiger partial charge on any atom is 0.253 e. The summed E-state index contributed by atoms with van der Waals surface area (Å²) in [5, 5.41) is 2.08. The van der Waals surface area contributed by atoms with Gasteiger partial charge in [0.1, 0.15) is 0 Å². The van der Waals surface area contributed by atoms with Crippen LogP contribution in [0.2, 0.25) is 0 Å². The van der Waals surface area contributed by atoms with E-state index in [0.717, 1.165) is 18.7 Å². The molecule has 1 aromatic heterocycles. The first-order valence-corrected chi connectivity index (χ1v) is 11.7. The van der Waals surface area contributed by atoms with E-state index in [0.29, 0.717) is 31.1 Å². The number of rotatable bonds is 3. The Balaban J connectivity index is 1.44. The van der Waals surface area contributed by atoms with Gasteiger partial charge in [0, 0.05) is 36.5 Å². The van der Waals surface area contributed by atoms with E-state index in [1.807, 2.05) is 4.90 Å². The maximum atomic E-state index is 12.9. The zero-order valence-corrected chi connectivity index (χ0v) is 16.8. The average molecular weight is 407 g/mol. The quantitative estimate of drug-likeness (QED) is 0.779. The molecule has 0 radical (unpaired) electrons. The molecule has 8 heteroatoms. The molecule has 1 amide bonds. The molecule has 1 fully saturated rings. The van der Waals surface area contributed by atoms with Crippen LogP contribution in [0.3, 0.4) is 0 Å². The minimum absolute atomic E-state index is 0.0318. The maximum absolute atomic E-state index is 12.9. The first-order valence-electron chi connectivity index (χ1n) is 8.92. The monoisotopic (exact) mass is 406 g/mol. The SMILES string of the molecule is CS(=O)(=O)c1ccc(N2CCOC(C(=O)N3CCc4sccc4C3)C2)cc1. The molecule has 4 rings (SSSR count). The molecule has 3 heterocycles. The van der Waals surface area contributed by atoms with Crippen LogP contribution in [0.5, 0.6) is 0 Å². The van der Waals surface area contributed by atoms with Crippen molar-refractivity contribution in [2.24, 2.45) is 0 Å². The summed E-state index contributed by atoms with van der Waals surface area (Å²) in [5.74, 6) is 0.0318. The van der Waals surface area contributed by atoms with Crippen molar-refractivity contribution in [3.8, 4) is 0 Å². The van der Waals surface area contributed by atoms with Gasteiger partial charge < -0.3 is 14.5 Å². The van der Waals surface area contributed by atoms with Crippen LogP contribution >= 0.6 is 11.3 Å². The lowest BCUT2D eigenvalue weighted by Gasteiger charge is -2.37. The second-order valence-electron chi connectivity index (χ2n) is 6.95. The number of carbonyl (C=O) groups excluding carboxylic acids is 1. The van der Waals surface area contributed by atoms with Gasteiger partial charge in [0.05, 0.1) is 18.0 Å². The molecular formula is C19H22N2O4S2. The Bertz CT molecular complexity index is 937. The lowest BCUT2D eigenvalue weighted by molar-refractivity contribution is -0.145. The number of carbonyl (C=O) groups is 1. The molecule has 0 bridgehead atoms. The smallest absolute Gasteiger partial charge is 0.253 e. The second-order valence-corrected chi connectivity index (χ2v) is 9.97. The Morgan fingerprint density at radius 1 is 1.19 bits per heavy atom. The van der Waals surface area contributed by atoms with E-state index in [2.05, 4.69) is 16.3 Å². The van der Waals surface area contributed by atoms with Crippen LogP contribution in [-0.4, -0.2) is 57.8 Å². The van der Waals surface area contributed by atoms with Crippen LogP contribution in [-0.2, 0) is 32.3 Å². The summed E-state index contributed by atoms with van der Waals surface area (Å²) in [5.41, 5.74) is 2.14. The Morgan fingerprint density at radius 2 is 1.96 bits per heavy atom. The van der Waals surface area contributed by atoms with Crippen LogP contribution in [0.15, 0.2) is 40.6 Å². The highest BCUT2D eigenvalue weighted by molar-refractivity contribution is 7.90. The Labute approximate surface area is 163 Å². The van der Waals surface area contributed by atoms with Crippen molar-refractivity contribution in [2.45, 2.75) is 24.0 Å². The van der Waals surface area contributed by atoms with E-state index >= 15 is 0 Å². The normalized spacial score (nSPS) is 20.4. The number of hydrogen-bond donors (Lipinski definition) is 0. The number of sulfone groups is 1. The summed E-state index contributed by atoms with van der Waals surface area (Å²) in [6.07, 6.45) is 1.61. The fourth-order valence-corrected chi connectivity index (χ4v) is 5.10. The van der Waals surface area contributed by atoms with E-state index < -0.39 is 15.9 Å². The van der Waals surface area contributed by atoms with Crippen molar-refractivity contribution < 1.29 is 17.9 Å². The van der Waals surface area contributed by atoms with Gasteiger partial charge in [-0.05, 0) is 47.7 Å². The van der Waals surface area contributed by atoms with E-state index in [9.17, 15) is 13.2 Å². The Hall–Kier alpha value is -1.90. The standard InChI is InChI=1S/C19H22N2O4S2/c1-27(23,24)16-4-2-15(3-5-16)20-9-10-25-17(13-20)19(22)21-8-6-18-14(12-21)7-11-26-18/h2-5,7,11,17H,6,8-10,12-13H2,1H3. The third-order valence-corrected chi connectivity index (χ3v) is 7.24. The lowest BCUT2D eigenvalue weighted by Crippen LogP contribution is -2.52. The van der Waals surface area contributed by atoms with Crippen molar-refractivity contribution in [3.05, 3.63) is 46.2 Å². The molecule has 1 atom stereocenters. The highest BCUT2D eigenvalue weighted by atomic mass is 32.2. The van der Waals surface area contributed by atoms with E-state index in [1.165, 1.54) is 16.7 Å². The van der Waals surface area contributed by atoms with Crippen molar-refractivity contribution >= 4 is 32.8 Å². The first kappa shape index (κ1) is 18.5. The summed E-state index contributed by atoms with van der Waals surface area (Å²) in [6.45, 7) is 3.01. The number of ether oxygens (including phenoxy) is 1. The summed E-state index contributed by atoms with van der Waals surface area (Å²) >= 11 is 1.75. The molecule has 144 valence electrons. The van der Waals surface area contributed by atoms with Crippen LogP contribution in [0.1, 0.15) is 10.4 Å². The first-order chi connectivity index (χ1) is 12.9. The van der Waals surface area contributed by atoms with Gasteiger partial charge in [0.25, 0.3) is 5.91 Å². The van der Waals surface area contributed by atoms with E-state index in [4.69, 9.17) is 4.74 Å². The number of amides is 1. The van der Waals surface area contributed by atoms with Gasteiger partial charge in [0.15, 0.2) is 15.9 Å². The molecular weight excluding hydrogens is 384 g/mol. The molecule has 2 aromatic rings. The predicted octanol–water partition coefficient (Wildman–Crippen LogP) is 1.94. The lowest BCUT2D eigenvalue weighted by atomic mass is 10.1. The van der Waals surface area contributed by atoms with Gasteiger partial charge in [-0.25, -0.2) is 8.42 Å². The van der Waals surface area contributed by atoms with E-state index in [1.54, 1.807) is 35.6 Å². The fourth-order valence-electron chi connectivity index (χ4n) is 3.58. The van der Waals surface area contributed by atoms with Gasteiger partial charge in [-0.2, -0.15) is 0 Å². The van der Waals surface area contributed by atoms with Gasteiger partial charge in [-0.1, -0.05) is 0 Å². The summed E-state index contributed by atoms with van der Waals surface area (Å²) in [6, 6.07) is 8.90. The molecule has 2 aliphatic heterocycles. The number of hydrogen-bond acceptors (Lipinski definition) is 6. The molecule has 0 aliphatic carbocycles. The third kappa shape index (κ3) is 3.88. The average Bonchev–Trinajstić information content (AvgIpc) is 3.15. The summed E-state index contributed by atoms with van der Waals surface area (Å²) in [7, 11) is -3.21. The number of benzene rings is 1. The summed E-state index contributed by atoms with van der Waals surface area (Å²) in [4.78, 5) is 18.6. The number of fused-ring (bicyclic) bond motifs is 1. The minimum atomic E-state index is -3.21. The second kappa shape index (κ2) is 7.26. The minimum Gasteiger partial charge on any atom is -0.366 e. The van der Waals surface area contributed by atoms with Gasteiger partial charge >= 0.3 is 0 Å². The zero-order chi connectivity index (χ0) is 19.0. The highest BCUT2D eigenvalue weighted by Gasteiger charge is 2.32. The molecule has 1 unspecified atom stereocenters. The molecule has 0 spiro atoms. The van der Waals surface area contributed by atoms with Crippen molar-refractivity contribution in [1.82, 2.24) is 4.90 Å². The van der Waals surface area contributed by atoms with Crippen LogP contribution in [0, 0.1) is 0 Å². The van der Waals surface area contributed by atoms with Crippen molar-refractivity contribution in [1.29, 1.82) is 0 Å². The largest absolute Gasteiger partial charge is 0.366 e. The fraction of sp³-hybridized carbons (Fsp3) is 0.421. The number of thiophene rings is 1. The van der Waals surface area contributed by atoms with Crippen LogP contribution in [0.25, 0.3) is 0 Å². The molecule has 0 N–H and O–H groups in total. The molecule has 1 aromatic carbocycles. The van der Waals surface area contributed by atoms with Crippen molar-refractivity contribution in [2.75, 3.05) is 37.4 Å². The van der Waals surface area contributed by atoms with Crippen LogP contribution < -0.4 is 4.90 Å². The van der Waals surface area contributed by atoms with Gasteiger partial charge in [-0.15, -0.1) is 11.3 Å². The number of anilines is 1. The topological polar surface area (TPSA) is 66.9 Å². The van der Waals surface area contributed by atoms with Gasteiger partial charge in [-0.3, -0.25) is 4.79 Å². The summed E-state index contributed by atoms with van der Waals surface area (Å²) < 4.78 is 29.0. The van der Waals surface area contributed by atoms with Crippen molar-refractivity contribution in [3.63, 3.8) is 0 Å². The molecule has 0 saturated carbocycles. The van der Waals surface area contributed by atoms with E-state index in [-0.39, 0.29) is 5.91 Å². The molecule has 6 nitrogen and oxygen atoms in total. The number of morpholine rings is 1. The number of nitrogens with zero attached hydrogens (tertiary/aromatic N) is 2. The van der Waals surface area contributed by atoms with Gasteiger partial charge in [0.2, 0.25) is 0 Å². The Morgan fingerprint density at radius 3 is 2.70 bits per heavy atom. The Kier molecular flexibility index (Phi) is 4.96. The zero-order valence-electron chi connectivity index (χ0n) is 15.1.